The molecule has 0 fully saturated rings. The highest BCUT2D eigenvalue weighted by atomic mass is 32.2. The second-order valence-corrected chi connectivity index (χ2v) is 7.05. The van der Waals surface area contributed by atoms with Crippen molar-refractivity contribution in [2.75, 3.05) is 6.61 Å². The molecule has 0 bridgehead atoms. The third-order valence-corrected chi connectivity index (χ3v) is 5.20. The van der Waals surface area contributed by atoms with Crippen molar-refractivity contribution in [3.8, 4) is 5.75 Å². The Morgan fingerprint density at radius 2 is 1.59 bits per heavy atom. The van der Waals surface area contributed by atoms with E-state index < -0.39 is 0 Å². The summed E-state index contributed by atoms with van der Waals surface area (Å²) >= 11 is 1.68. The summed E-state index contributed by atoms with van der Waals surface area (Å²) in [7, 11) is 0. The van der Waals surface area contributed by atoms with E-state index in [1.165, 1.54) is 5.56 Å². The fourth-order valence-electron chi connectivity index (χ4n) is 2.66. The summed E-state index contributed by atoms with van der Waals surface area (Å²) in [6.45, 7) is 3.10. The van der Waals surface area contributed by atoms with Crippen LogP contribution in [0, 0.1) is 0 Å². The van der Waals surface area contributed by atoms with Crippen molar-refractivity contribution in [3.05, 3.63) is 95.6 Å². The van der Waals surface area contributed by atoms with Crippen LogP contribution in [0.4, 0.5) is 0 Å². The van der Waals surface area contributed by atoms with Crippen molar-refractivity contribution >= 4 is 17.7 Å². The van der Waals surface area contributed by atoms with Crippen LogP contribution in [-0.4, -0.2) is 12.5 Å². The van der Waals surface area contributed by atoms with Crippen LogP contribution in [0.25, 0.3) is 0 Å². The Bertz CT molecular complexity index is 863. The summed E-state index contributed by atoms with van der Waals surface area (Å²) < 4.78 is 5.44. The molecule has 1 N–H and O–H groups in total. The molecular formula is C23H23NO2S. The van der Waals surface area contributed by atoms with E-state index in [1.807, 2.05) is 73.7 Å². The summed E-state index contributed by atoms with van der Waals surface area (Å²) in [5.74, 6) is 1.62. The molecule has 0 heterocycles. The zero-order valence-electron chi connectivity index (χ0n) is 15.4. The smallest absolute Gasteiger partial charge is 0.252 e. The molecule has 0 spiro atoms. The maximum absolute atomic E-state index is 12.7. The minimum atomic E-state index is -0.0555. The van der Waals surface area contributed by atoms with Gasteiger partial charge in [0.15, 0.2) is 0 Å². The van der Waals surface area contributed by atoms with E-state index in [4.69, 9.17) is 4.74 Å². The maximum Gasteiger partial charge on any atom is 0.252 e. The standard InChI is InChI=1S/C23H23NO2S/c1-2-26-20-14-12-18(13-15-20)16-24-23(25)21-10-6-7-11-22(21)27-17-19-8-4-3-5-9-19/h3-15H,2,16-17H2,1H3,(H,24,25). The van der Waals surface area contributed by atoms with Crippen molar-refractivity contribution in [3.63, 3.8) is 0 Å². The zero-order valence-corrected chi connectivity index (χ0v) is 16.2. The van der Waals surface area contributed by atoms with Gasteiger partial charge in [-0.3, -0.25) is 4.79 Å². The van der Waals surface area contributed by atoms with Crippen molar-refractivity contribution in [2.45, 2.75) is 24.1 Å². The Morgan fingerprint density at radius 1 is 0.889 bits per heavy atom. The first kappa shape index (κ1) is 19.1. The van der Waals surface area contributed by atoms with Gasteiger partial charge in [0.25, 0.3) is 5.91 Å². The van der Waals surface area contributed by atoms with Crippen molar-refractivity contribution in [1.82, 2.24) is 5.32 Å². The lowest BCUT2D eigenvalue weighted by Gasteiger charge is -2.11. The van der Waals surface area contributed by atoms with Crippen LogP contribution >= 0.6 is 11.8 Å². The summed E-state index contributed by atoms with van der Waals surface area (Å²) in [4.78, 5) is 13.7. The number of hydrogen-bond acceptors (Lipinski definition) is 3. The van der Waals surface area contributed by atoms with Gasteiger partial charge in [0, 0.05) is 17.2 Å². The Kier molecular flexibility index (Phi) is 6.94. The molecular weight excluding hydrogens is 354 g/mol. The van der Waals surface area contributed by atoms with Gasteiger partial charge in [-0.05, 0) is 42.3 Å². The first-order chi connectivity index (χ1) is 13.3. The highest BCUT2D eigenvalue weighted by Gasteiger charge is 2.11. The van der Waals surface area contributed by atoms with Crippen LogP contribution in [0.3, 0.4) is 0 Å². The molecule has 3 aromatic carbocycles. The third kappa shape index (κ3) is 5.63. The number of ether oxygens (including phenoxy) is 1. The van der Waals surface area contributed by atoms with Gasteiger partial charge in [-0.1, -0.05) is 54.6 Å². The summed E-state index contributed by atoms with van der Waals surface area (Å²) in [6, 6.07) is 25.8. The van der Waals surface area contributed by atoms with Crippen LogP contribution in [0.2, 0.25) is 0 Å². The van der Waals surface area contributed by atoms with Gasteiger partial charge in [-0.2, -0.15) is 0 Å². The zero-order chi connectivity index (χ0) is 18.9. The van der Waals surface area contributed by atoms with Gasteiger partial charge in [0.2, 0.25) is 0 Å². The molecule has 0 atom stereocenters. The molecule has 0 saturated heterocycles. The van der Waals surface area contributed by atoms with Crippen molar-refractivity contribution in [2.24, 2.45) is 0 Å². The molecule has 0 aliphatic carbocycles. The minimum absolute atomic E-state index is 0.0555. The average Bonchev–Trinajstić information content (AvgIpc) is 2.73. The van der Waals surface area contributed by atoms with Gasteiger partial charge in [-0.25, -0.2) is 0 Å². The molecule has 0 aliphatic heterocycles. The molecule has 3 aromatic rings. The lowest BCUT2D eigenvalue weighted by molar-refractivity contribution is 0.0948. The number of carbonyl (C=O) groups is 1. The SMILES string of the molecule is CCOc1ccc(CNC(=O)c2ccccc2SCc2ccccc2)cc1. The molecule has 1 amide bonds. The molecule has 0 radical (unpaired) electrons. The molecule has 27 heavy (non-hydrogen) atoms. The number of thioether (sulfide) groups is 1. The van der Waals surface area contributed by atoms with E-state index in [-0.39, 0.29) is 5.91 Å². The van der Waals surface area contributed by atoms with Crippen LogP contribution in [-0.2, 0) is 12.3 Å². The summed E-state index contributed by atoms with van der Waals surface area (Å²) in [6.07, 6.45) is 0. The topological polar surface area (TPSA) is 38.3 Å². The molecule has 4 heteroatoms. The van der Waals surface area contributed by atoms with E-state index in [2.05, 4.69) is 17.4 Å². The molecule has 0 unspecified atom stereocenters. The van der Waals surface area contributed by atoms with Crippen LogP contribution in [0.15, 0.2) is 83.8 Å². The number of hydrogen-bond donors (Lipinski definition) is 1. The van der Waals surface area contributed by atoms with Crippen molar-refractivity contribution < 1.29 is 9.53 Å². The van der Waals surface area contributed by atoms with E-state index in [0.717, 1.165) is 22.0 Å². The summed E-state index contributed by atoms with van der Waals surface area (Å²) in [5.41, 5.74) is 3.00. The number of benzene rings is 3. The predicted octanol–water partition coefficient (Wildman–Crippen LogP) is 5.31. The first-order valence-corrected chi connectivity index (χ1v) is 10.0. The largest absolute Gasteiger partial charge is 0.494 e. The fourth-order valence-corrected chi connectivity index (χ4v) is 3.67. The van der Waals surface area contributed by atoms with Gasteiger partial charge >= 0.3 is 0 Å². The second-order valence-electron chi connectivity index (χ2n) is 6.03. The molecule has 3 rings (SSSR count). The number of carbonyl (C=O) groups excluding carboxylic acids is 1. The molecule has 0 aromatic heterocycles. The van der Waals surface area contributed by atoms with Crippen LogP contribution in [0.5, 0.6) is 5.75 Å². The minimum Gasteiger partial charge on any atom is -0.494 e. The van der Waals surface area contributed by atoms with E-state index in [1.54, 1.807) is 11.8 Å². The Balaban J connectivity index is 1.61. The van der Waals surface area contributed by atoms with Crippen molar-refractivity contribution in [1.29, 1.82) is 0 Å². The molecule has 0 aliphatic rings. The van der Waals surface area contributed by atoms with Gasteiger partial charge < -0.3 is 10.1 Å². The number of nitrogens with one attached hydrogen (secondary N) is 1. The average molecular weight is 378 g/mol. The maximum atomic E-state index is 12.7. The first-order valence-electron chi connectivity index (χ1n) is 9.02. The van der Waals surface area contributed by atoms with E-state index in [9.17, 15) is 4.79 Å². The normalized spacial score (nSPS) is 10.4. The molecule has 138 valence electrons. The lowest BCUT2D eigenvalue weighted by Crippen LogP contribution is -2.23. The monoisotopic (exact) mass is 377 g/mol. The third-order valence-electron chi connectivity index (χ3n) is 4.06. The van der Waals surface area contributed by atoms with Gasteiger partial charge in [0.05, 0.1) is 12.2 Å². The second kappa shape index (κ2) is 9.83. The lowest BCUT2D eigenvalue weighted by atomic mass is 10.2. The highest BCUT2D eigenvalue weighted by Crippen LogP contribution is 2.26. The van der Waals surface area contributed by atoms with E-state index >= 15 is 0 Å². The number of amides is 1. The fraction of sp³-hybridized carbons (Fsp3) is 0.174. The van der Waals surface area contributed by atoms with Gasteiger partial charge in [-0.15, -0.1) is 11.8 Å². The Hall–Kier alpha value is -2.72. The van der Waals surface area contributed by atoms with E-state index in [0.29, 0.717) is 18.7 Å². The van der Waals surface area contributed by atoms with Crippen LogP contribution < -0.4 is 10.1 Å². The Morgan fingerprint density at radius 3 is 2.33 bits per heavy atom. The van der Waals surface area contributed by atoms with Gasteiger partial charge in [0.1, 0.15) is 5.75 Å². The number of rotatable bonds is 8. The molecule has 3 nitrogen and oxygen atoms in total. The quantitative estimate of drug-likeness (QED) is 0.541. The predicted molar refractivity (Wildman–Crippen MR) is 111 cm³/mol. The Labute approximate surface area is 164 Å². The summed E-state index contributed by atoms with van der Waals surface area (Å²) in [5, 5.41) is 3.01. The highest BCUT2D eigenvalue weighted by molar-refractivity contribution is 7.98. The molecule has 0 saturated carbocycles. The van der Waals surface area contributed by atoms with Crippen LogP contribution in [0.1, 0.15) is 28.4 Å².